The molecule has 1 unspecified atom stereocenters. The summed E-state index contributed by atoms with van der Waals surface area (Å²) in [5, 5.41) is 4.99. The van der Waals surface area contributed by atoms with Crippen LogP contribution in [0.4, 0.5) is 0 Å². The van der Waals surface area contributed by atoms with E-state index >= 15 is 0 Å². The van der Waals surface area contributed by atoms with Gasteiger partial charge in [-0.05, 0) is 43.1 Å². The van der Waals surface area contributed by atoms with Gasteiger partial charge in [-0.3, -0.25) is 4.79 Å². The van der Waals surface area contributed by atoms with Crippen molar-refractivity contribution in [1.29, 1.82) is 0 Å². The molecule has 0 spiro atoms. The fraction of sp³-hybridized carbons (Fsp3) is 0.333. The Balaban J connectivity index is 1.77. The molecule has 6 heteroatoms. The van der Waals surface area contributed by atoms with Gasteiger partial charge in [0.25, 0.3) is 5.91 Å². The van der Waals surface area contributed by atoms with Crippen LogP contribution in [0.5, 0.6) is 0 Å². The number of hydrogen-bond donors (Lipinski definition) is 1. The van der Waals surface area contributed by atoms with E-state index < -0.39 is 0 Å². The average molecular weight is 305 g/mol. The van der Waals surface area contributed by atoms with Crippen molar-refractivity contribution < 1.29 is 4.79 Å². The average Bonchev–Trinajstić information content (AvgIpc) is 3.16. The molecule has 1 atom stereocenters. The number of amides is 1. The molecule has 0 bridgehead atoms. The Bertz CT molecular complexity index is 655. The first kappa shape index (κ1) is 14.1. The summed E-state index contributed by atoms with van der Waals surface area (Å²) in [5.41, 5.74) is 6.95. The molecule has 1 aromatic heterocycles. The van der Waals surface area contributed by atoms with Gasteiger partial charge in [-0.1, -0.05) is 17.7 Å². The molecule has 0 radical (unpaired) electrons. The van der Waals surface area contributed by atoms with Crippen LogP contribution in [0.25, 0.3) is 5.69 Å². The Morgan fingerprint density at radius 2 is 2.29 bits per heavy atom. The molecule has 1 aromatic carbocycles. The zero-order chi connectivity index (χ0) is 14.8. The van der Waals surface area contributed by atoms with Crippen molar-refractivity contribution in [2.45, 2.75) is 6.42 Å². The van der Waals surface area contributed by atoms with Crippen LogP contribution < -0.4 is 5.73 Å². The van der Waals surface area contributed by atoms with E-state index in [4.69, 9.17) is 17.3 Å². The van der Waals surface area contributed by atoms with E-state index in [1.807, 2.05) is 23.1 Å². The Hall–Kier alpha value is -1.85. The predicted molar refractivity (Wildman–Crippen MR) is 81.6 cm³/mol. The highest BCUT2D eigenvalue weighted by Crippen LogP contribution is 2.18. The molecule has 3 rings (SSSR count). The van der Waals surface area contributed by atoms with Gasteiger partial charge >= 0.3 is 0 Å². The topological polar surface area (TPSA) is 64.2 Å². The van der Waals surface area contributed by atoms with Crippen LogP contribution >= 0.6 is 11.6 Å². The fourth-order valence-electron chi connectivity index (χ4n) is 2.57. The predicted octanol–water partition coefficient (Wildman–Crippen LogP) is 1.95. The molecular formula is C15H17ClN4O. The maximum absolute atomic E-state index is 12.4. The molecule has 0 aliphatic carbocycles. The summed E-state index contributed by atoms with van der Waals surface area (Å²) in [6.07, 6.45) is 2.74. The number of hydrogen-bond acceptors (Lipinski definition) is 3. The molecular weight excluding hydrogens is 288 g/mol. The summed E-state index contributed by atoms with van der Waals surface area (Å²) in [4.78, 5) is 14.2. The number of carbonyl (C=O) groups excluding carboxylic acids is 1. The third-order valence-corrected chi connectivity index (χ3v) is 4.02. The minimum absolute atomic E-state index is 0.0354. The summed E-state index contributed by atoms with van der Waals surface area (Å²) in [7, 11) is 0. The number of benzene rings is 1. The highest BCUT2D eigenvalue weighted by Gasteiger charge is 2.27. The molecule has 1 aliphatic rings. The molecule has 2 heterocycles. The lowest BCUT2D eigenvalue weighted by Crippen LogP contribution is -2.30. The molecule has 2 aromatic rings. The standard InChI is InChI=1S/C15H17ClN4O/c16-12-2-1-3-13(8-12)20-7-5-14(18-20)15(21)19-6-4-11(9-17)10-19/h1-3,5,7-8,11H,4,6,9-10,17H2. The minimum Gasteiger partial charge on any atom is -0.337 e. The van der Waals surface area contributed by atoms with Crippen molar-refractivity contribution in [3.63, 3.8) is 0 Å². The van der Waals surface area contributed by atoms with Gasteiger partial charge in [-0.2, -0.15) is 5.10 Å². The summed E-state index contributed by atoms with van der Waals surface area (Å²) in [6, 6.07) is 9.10. The van der Waals surface area contributed by atoms with Crippen molar-refractivity contribution in [2.24, 2.45) is 11.7 Å². The molecule has 110 valence electrons. The quantitative estimate of drug-likeness (QED) is 0.942. The van der Waals surface area contributed by atoms with Crippen LogP contribution in [-0.4, -0.2) is 40.2 Å². The monoisotopic (exact) mass is 304 g/mol. The Morgan fingerprint density at radius 3 is 3.00 bits per heavy atom. The normalized spacial score (nSPS) is 18.2. The lowest BCUT2D eigenvalue weighted by atomic mass is 10.1. The smallest absolute Gasteiger partial charge is 0.274 e. The van der Waals surface area contributed by atoms with E-state index in [1.165, 1.54) is 0 Å². The van der Waals surface area contributed by atoms with E-state index in [0.29, 0.717) is 23.2 Å². The summed E-state index contributed by atoms with van der Waals surface area (Å²) < 4.78 is 1.66. The van der Waals surface area contributed by atoms with Crippen LogP contribution in [0.1, 0.15) is 16.9 Å². The minimum atomic E-state index is -0.0354. The first-order valence-electron chi connectivity index (χ1n) is 6.98. The second kappa shape index (κ2) is 5.87. The number of nitrogens with zero attached hydrogens (tertiary/aromatic N) is 3. The SMILES string of the molecule is NCC1CCN(C(=O)c2ccn(-c3cccc(Cl)c3)n2)C1. The second-order valence-electron chi connectivity index (χ2n) is 5.27. The van der Waals surface area contributed by atoms with Crippen LogP contribution in [-0.2, 0) is 0 Å². The Labute approximate surface area is 128 Å². The van der Waals surface area contributed by atoms with E-state index in [1.54, 1.807) is 23.0 Å². The first-order chi connectivity index (χ1) is 10.2. The molecule has 1 aliphatic heterocycles. The number of carbonyl (C=O) groups is 1. The van der Waals surface area contributed by atoms with Gasteiger partial charge < -0.3 is 10.6 Å². The van der Waals surface area contributed by atoms with Gasteiger partial charge in [0, 0.05) is 24.3 Å². The van der Waals surface area contributed by atoms with Gasteiger partial charge in [-0.25, -0.2) is 4.68 Å². The highest BCUT2D eigenvalue weighted by atomic mass is 35.5. The van der Waals surface area contributed by atoms with Gasteiger partial charge in [0.2, 0.25) is 0 Å². The largest absolute Gasteiger partial charge is 0.337 e. The van der Waals surface area contributed by atoms with Crippen molar-refractivity contribution >= 4 is 17.5 Å². The van der Waals surface area contributed by atoms with Crippen LogP contribution in [0, 0.1) is 5.92 Å². The van der Waals surface area contributed by atoms with Crippen molar-refractivity contribution in [3.8, 4) is 5.69 Å². The lowest BCUT2D eigenvalue weighted by molar-refractivity contribution is 0.0781. The molecule has 1 saturated heterocycles. The molecule has 21 heavy (non-hydrogen) atoms. The molecule has 0 saturated carbocycles. The molecule has 1 fully saturated rings. The molecule has 2 N–H and O–H groups in total. The number of halogens is 1. The third kappa shape index (κ3) is 2.94. The maximum atomic E-state index is 12.4. The third-order valence-electron chi connectivity index (χ3n) is 3.79. The van der Waals surface area contributed by atoms with E-state index in [9.17, 15) is 4.79 Å². The van der Waals surface area contributed by atoms with Crippen molar-refractivity contribution in [3.05, 3.63) is 47.2 Å². The lowest BCUT2D eigenvalue weighted by Gasteiger charge is -2.14. The van der Waals surface area contributed by atoms with Gasteiger partial charge in [0.1, 0.15) is 0 Å². The second-order valence-corrected chi connectivity index (χ2v) is 5.70. The first-order valence-corrected chi connectivity index (χ1v) is 7.36. The number of rotatable bonds is 3. The van der Waals surface area contributed by atoms with Crippen molar-refractivity contribution in [1.82, 2.24) is 14.7 Å². The van der Waals surface area contributed by atoms with Gasteiger partial charge in [0.05, 0.1) is 5.69 Å². The number of aromatic nitrogens is 2. The Kier molecular flexibility index (Phi) is 3.94. The van der Waals surface area contributed by atoms with E-state index in [2.05, 4.69) is 5.10 Å². The summed E-state index contributed by atoms with van der Waals surface area (Å²) in [5.74, 6) is 0.371. The number of nitrogens with two attached hydrogens (primary N) is 1. The molecule has 5 nitrogen and oxygen atoms in total. The van der Waals surface area contributed by atoms with Gasteiger partial charge in [-0.15, -0.1) is 0 Å². The van der Waals surface area contributed by atoms with Crippen LogP contribution in [0.2, 0.25) is 5.02 Å². The number of likely N-dealkylation sites (tertiary alicyclic amines) is 1. The van der Waals surface area contributed by atoms with Gasteiger partial charge in [0.15, 0.2) is 5.69 Å². The highest BCUT2D eigenvalue weighted by molar-refractivity contribution is 6.30. The zero-order valence-corrected chi connectivity index (χ0v) is 12.3. The summed E-state index contributed by atoms with van der Waals surface area (Å²) >= 11 is 5.97. The van der Waals surface area contributed by atoms with E-state index in [-0.39, 0.29) is 5.91 Å². The zero-order valence-electron chi connectivity index (χ0n) is 11.6. The van der Waals surface area contributed by atoms with Crippen LogP contribution in [0.3, 0.4) is 0 Å². The fourth-order valence-corrected chi connectivity index (χ4v) is 2.76. The maximum Gasteiger partial charge on any atom is 0.274 e. The van der Waals surface area contributed by atoms with E-state index in [0.717, 1.165) is 25.2 Å². The Morgan fingerprint density at radius 1 is 1.43 bits per heavy atom. The van der Waals surface area contributed by atoms with Crippen molar-refractivity contribution in [2.75, 3.05) is 19.6 Å². The van der Waals surface area contributed by atoms with Crippen LogP contribution in [0.15, 0.2) is 36.5 Å². The summed E-state index contributed by atoms with van der Waals surface area (Å²) in [6.45, 7) is 2.10. The molecule has 1 amide bonds.